The van der Waals surface area contributed by atoms with Gasteiger partial charge in [0.15, 0.2) is 0 Å². The number of benzene rings is 1. The van der Waals surface area contributed by atoms with Crippen LogP contribution >= 0.6 is 0 Å². The standard InChI is InChI=1S/C12H16N2O5S/c1-19-11-5-7-13(8-6-11)20(17,18)12-4-2-3-10(9-12)14(15)16/h2-4,9,11H,5-8H2,1H3. The molecular weight excluding hydrogens is 284 g/mol. The van der Waals surface area contributed by atoms with E-state index in [1.54, 1.807) is 7.11 Å². The van der Waals surface area contributed by atoms with E-state index in [0.717, 1.165) is 6.07 Å². The fraction of sp³-hybridized carbons (Fsp3) is 0.500. The van der Waals surface area contributed by atoms with E-state index in [1.807, 2.05) is 0 Å². The predicted octanol–water partition coefficient (Wildman–Crippen LogP) is 1.39. The van der Waals surface area contributed by atoms with Crippen LogP contribution in [0.15, 0.2) is 29.2 Å². The van der Waals surface area contributed by atoms with Crippen molar-refractivity contribution in [2.24, 2.45) is 0 Å². The van der Waals surface area contributed by atoms with Gasteiger partial charge in [0.05, 0.1) is 15.9 Å². The molecule has 8 heteroatoms. The maximum absolute atomic E-state index is 12.4. The first-order valence-corrected chi connectivity index (χ1v) is 7.66. The Morgan fingerprint density at radius 3 is 2.55 bits per heavy atom. The molecule has 1 fully saturated rings. The third-order valence-corrected chi connectivity index (χ3v) is 5.30. The molecule has 1 saturated heterocycles. The van der Waals surface area contributed by atoms with Gasteiger partial charge in [-0.25, -0.2) is 8.42 Å². The Kier molecular flexibility index (Phi) is 4.36. The van der Waals surface area contributed by atoms with Gasteiger partial charge in [0.2, 0.25) is 10.0 Å². The molecule has 0 saturated carbocycles. The number of sulfonamides is 1. The van der Waals surface area contributed by atoms with Crippen LogP contribution in [0, 0.1) is 10.1 Å². The highest BCUT2D eigenvalue weighted by molar-refractivity contribution is 7.89. The van der Waals surface area contributed by atoms with Crippen LogP contribution < -0.4 is 0 Å². The highest BCUT2D eigenvalue weighted by atomic mass is 32.2. The summed E-state index contributed by atoms with van der Waals surface area (Å²) in [5.74, 6) is 0. The third-order valence-electron chi connectivity index (χ3n) is 3.40. The molecule has 20 heavy (non-hydrogen) atoms. The van der Waals surface area contributed by atoms with Gasteiger partial charge in [-0.3, -0.25) is 10.1 Å². The number of rotatable bonds is 4. The minimum atomic E-state index is -3.68. The molecule has 7 nitrogen and oxygen atoms in total. The molecule has 1 heterocycles. The van der Waals surface area contributed by atoms with Gasteiger partial charge in [-0.2, -0.15) is 4.31 Å². The molecule has 0 aliphatic carbocycles. The van der Waals surface area contributed by atoms with Crippen molar-refractivity contribution in [2.75, 3.05) is 20.2 Å². The number of non-ortho nitro benzene ring substituents is 1. The summed E-state index contributed by atoms with van der Waals surface area (Å²) in [6.07, 6.45) is 1.33. The van der Waals surface area contributed by atoms with Crippen molar-refractivity contribution < 1.29 is 18.1 Å². The van der Waals surface area contributed by atoms with E-state index in [0.29, 0.717) is 25.9 Å². The Morgan fingerprint density at radius 1 is 1.35 bits per heavy atom. The predicted molar refractivity (Wildman–Crippen MR) is 71.9 cm³/mol. The third kappa shape index (κ3) is 2.97. The van der Waals surface area contributed by atoms with Crippen molar-refractivity contribution in [3.63, 3.8) is 0 Å². The first-order chi connectivity index (χ1) is 9.45. The number of hydrogen-bond donors (Lipinski definition) is 0. The second-order valence-corrected chi connectivity index (χ2v) is 6.53. The monoisotopic (exact) mass is 300 g/mol. The maximum Gasteiger partial charge on any atom is 0.270 e. The molecule has 0 spiro atoms. The fourth-order valence-electron chi connectivity index (χ4n) is 2.21. The summed E-state index contributed by atoms with van der Waals surface area (Å²) in [5.41, 5.74) is -0.224. The van der Waals surface area contributed by atoms with Crippen molar-refractivity contribution in [3.05, 3.63) is 34.4 Å². The lowest BCUT2D eigenvalue weighted by molar-refractivity contribution is -0.385. The van der Waals surface area contributed by atoms with Gasteiger partial charge >= 0.3 is 0 Å². The zero-order valence-corrected chi connectivity index (χ0v) is 11.9. The minimum Gasteiger partial charge on any atom is -0.381 e. The lowest BCUT2D eigenvalue weighted by Crippen LogP contribution is -2.40. The first kappa shape index (κ1) is 14.9. The van der Waals surface area contributed by atoms with Crippen LogP contribution in [0.4, 0.5) is 5.69 Å². The van der Waals surface area contributed by atoms with Crippen LogP contribution in [0.25, 0.3) is 0 Å². The van der Waals surface area contributed by atoms with Gasteiger partial charge in [-0.15, -0.1) is 0 Å². The lowest BCUT2D eigenvalue weighted by Gasteiger charge is -2.30. The highest BCUT2D eigenvalue weighted by Gasteiger charge is 2.30. The lowest BCUT2D eigenvalue weighted by atomic mass is 10.1. The number of piperidine rings is 1. The van der Waals surface area contributed by atoms with Crippen LogP contribution in [0.1, 0.15) is 12.8 Å². The van der Waals surface area contributed by atoms with Gasteiger partial charge in [-0.1, -0.05) is 6.07 Å². The fourth-order valence-corrected chi connectivity index (χ4v) is 3.72. The molecule has 1 aliphatic rings. The van der Waals surface area contributed by atoms with E-state index in [9.17, 15) is 18.5 Å². The molecule has 0 aromatic heterocycles. The Labute approximate surface area is 117 Å². The molecule has 0 atom stereocenters. The van der Waals surface area contributed by atoms with E-state index in [4.69, 9.17) is 4.74 Å². The molecule has 1 aromatic carbocycles. The second-order valence-electron chi connectivity index (χ2n) is 4.59. The number of nitro groups is 1. The van der Waals surface area contributed by atoms with Gasteiger partial charge in [-0.05, 0) is 18.9 Å². The minimum absolute atomic E-state index is 0.0393. The van der Waals surface area contributed by atoms with Crippen LogP contribution in [-0.2, 0) is 14.8 Å². The second kappa shape index (κ2) is 5.86. The molecule has 0 unspecified atom stereocenters. The summed E-state index contributed by atoms with van der Waals surface area (Å²) in [4.78, 5) is 10.1. The molecule has 1 aliphatic heterocycles. The Hall–Kier alpha value is -1.51. The van der Waals surface area contributed by atoms with E-state index < -0.39 is 14.9 Å². The van der Waals surface area contributed by atoms with E-state index >= 15 is 0 Å². The molecule has 0 N–H and O–H groups in total. The van der Waals surface area contributed by atoms with Crippen LogP contribution in [0.3, 0.4) is 0 Å². The molecule has 110 valence electrons. The quantitative estimate of drug-likeness (QED) is 0.619. The number of methoxy groups -OCH3 is 1. The topological polar surface area (TPSA) is 89.8 Å². The zero-order valence-electron chi connectivity index (χ0n) is 11.1. The number of nitro benzene ring substituents is 1. The van der Waals surface area contributed by atoms with Crippen molar-refractivity contribution in [3.8, 4) is 0 Å². The molecular formula is C12H16N2O5S. The average Bonchev–Trinajstić information content (AvgIpc) is 2.47. The van der Waals surface area contributed by atoms with Gasteiger partial charge in [0, 0.05) is 32.3 Å². The highest BCUT2D eigenvalue weighted by Crippen LogP contribution is 2.24. The molecule has 0 radical (unpaired) electrons. The van der Waals surface area contributed by atoms with Crippen molar-refractivity contribution in [1.82, 2.24) is 4.31 Å². The summed E-state index contributed by atoms with van der Waals surface area (Å²) in [5, 5.41) is 10.7. The Morgan fingerprint density at radius 2 is 2.00 bits per heavy atom. The van der Waals surface area contributed by atoms with Crippen molar-refractivity contribution >= 4 is 15.7 Å². The molecule has 0 bridgehead atoms. The summed E-state index contributed by atoms with van der Waals surface area (Å²) in [6.45, 7) is 0.729. The van der Waals surface area contributed by atoms with Gasteiger partial charge < -0.3 is 4.74 Å². The first-order valence-electron chi connectivity index (χ1n) is 6.22. The Bertz CT molecular complexity index is 594. The molecule has 0 amide bonds. The number of hydrogen-bond acceptors (Lipinski definition) is 5. The average molecular weight is 300 g/mol. The van der Waals surface area contributed by atoms with E-state index in [2.05, 4.69) is 0 Å². The van der Waals surface area contributed by atoms with Gasteiger partial charge in [0.25, 0.3) is 5.69 Å². The molecule has 2 rings (SSSR count). The van der Waals surface area contributed by atoms with Crippen molar-refractivity contribution in [2.45, 2.75) is 23.8 Å². The van der Waals surface area contributed by atoms with Crippen LogP contribution in [-0.4, -0.2) is 43.9 Å². The summed E-state index contributed by atoms with van der Waals surface area (Å²) >= 11 is 0. The number of nitrogens with zero attached hydrogens (tertiary/aromatic N) is 2. The molecule has 1 aromatic rings. The van der Waals surface area contributed by atoms with E-state index in [-0.39, 0.29) is 16.7 Å². The van der Waals surface area contributed by atoms with Crippen molar-refractivity contribution in [1.29, 1.82) is 0 Å². The summed E-state index contributed by atoms with van der Waals surface area (Å²) in [7, 11) is -2.07. The zero-order chi connectivity index (χ0) is 14.8. The largest absolute Gasteiger partial charge is 0.381 e. The van der Waals surface area contributed by atoms with E-state index in [1.165, 1.54) is 22.5 Å². The van der Waals surface area contributed by atoms with Crippen LogP contribution in [0.5, 0.6) is 0 Å². The normalized spacial score (nSPS) is 18.1. The SMILES string of the molecule is COC1CCN(S(=O)(=O)c2cccc([N+](=O)[O-])c2)CC1. The van der Waals surface area contributed by atoms with Crippen LogP contribution in [0.2, 0.25) is 0 Å². The summed E-state index contributed by atoms with van der Waals surface area (Å²) < 4.78 is 31.4. The maximum atomic E-state index is 12.4. The summed E-state index contributed by atoms with van der Waals surface area (Å²) in [6, 6.07) is 5.13. The van der Waals surface area contributed by atoms with Gasteiger partial charge in [0.1, 0.15) is 0 Å². The smallest absolute Gasteiger partial charge is 0.270 e. The number of ether oxygens (including phenoxy) is 1. The Balaban J connectivity index is 2.23.